The van der Waals surface area contributed by atoms with E-state index < -0.39 is 0 Å². The van der Waals surface area contributed by atoms with Crippen molar-refractivity contribution >= 4 is 27.5 Å². The van der Waals surface area contributed by atoms with Crippen molar-refractivity contribution in [2.45, 2.75) is 19.4 Å². The zero-order valence-corrected chi connectivity index (χ0v) is 11.1. The van der Waals surface area contributed by atoms with Crippen LogP contribution in [0.25, 0.3) is 0 Å². The minimum Gasteiger partial charge on any atom is -0.324 e. The van der Waals surface area contributed by atoms with Gasteiger partial charge in [-0.3, -0.25) is 4.79 Å². The van der Waals surface area contributed by atoms with E-state index in [1.54, 1.807) is 6.07 Å². The van der Waals surface area contributed by atoms with Crippen molar-refractivity contribution < 1.29 is 4.79 Å². The first-order valence-corrected chi connectivity index (χ1v) is 6.23. The van der Waals surface area contributed by atoms with Crippen molar-refractivity contribution in [3.05, 3.63) is 34.6 Å². The van der Waals surface area contributed by atoms with E-state index in [0.29, 0.717) is 6.42 Å². The number of rotatable bonds is 2. The van der Waals surface area contributed by atoms with E-state index in [4.69, 9.17) is 5.73 Å². The fraction of sp³-hybridized carbons (Fsp3) is 0.333. The molecule has 0 bridgehead atoms. The molecule has 1 heterocycles. The topological polar surface area (TPSA) is 68.0 Å². The molecule has 2 unspecified atom stereocenters. The van der Waals surface area contributed by atoms with Gasteiger partial charge in [0.1, 0.15) is 4.60 Å². The van der Waals surface area contributed by atoms with Gasteiger partial charge in [-0.05, 0) is 41.4 Å². The Morgan fingerprint density at radius 2 is 2.29 bits per heavy atom. The van der Waals surface area contributed by atoms with Gasteiger partial charge in [-0.2, -0.15) is 0 Å². The first-order chi connectivity index (χ1) is 8.06. The Morgan fingerprint density at radius 3 is 2.88 bits per heavy atom. The number of pyridine rings is 1. The molecule has 1 aliphatic carbocycles. The number of nitrogens with one attached hydrogen (secondary N) is 1. The van der Waals surface area contributed by atoms with E-state index in [1.165, 1.54) is 0 Å². The molecule has 0 aliphatic heterocycles. The lowest BCUT2D eigenvalue weighted by molar-refractivity contribution is -0.118. The number of hydrogen-bond acceptors (Lipinski definition) is 3. The van der Waals surface area contributed by atoms with E-state index in [1.807, 2.05) is 25.1 Å². The molecule has 90 valence electrons. The molecule has 4 nitrogen and oxygen atoms in total. The highest BCUT2D eigenvalue weighted by molar-refractivity contribution is 9.10. The van der Waals surface area contributed by atoms with Gasteiger partial charge in [0.05, 0.1) is 17.3 Å². The van der Waals surface area contributed by atoms with Crippen molar-refractivity contribution in [2.75, 3.05) is 5.32 Å². The van der Waals surface area contributed by atoms with Crippen LogP contribution in [0.3, 0.4) is 0 Å². The predicted octanol–water partition coefficient (Wildman–Crippen LogP) is 1.99. The summed E-state index contributed by atoms with van der Waals surface area (Å²) in [5, 5.41) is 2.87. The Bertz CT molecular complexity index is 473. The molecular formula is C12H14BrN3O. The third-order valence-electron chi connectivity index (χ3n) is 2.76. The zero-order chi connectivity index (χ0) is 12.4. The summed E-state index contributed by atoms with van der Waals surface area (Å²) in [4.78, 5) is 16.2. The maximum absolute atomic E-state index is 11.9. The number of amides is 1. The van der Waals surface area contributed by atoms with Gasteiger partial charge >= 0.3 is 0 Å². The van der Waals surface area contributed by atoms with Crippen LogP contribution in [0, 0.1) is 12.8 Å². The predicted molar refractivity (Wildman–Crippen MR) is 70.5 cm³/mol. The van der Waals surface area contributed by atoms with Gasteiger partial charge < -0.3 is 11.1 Å². The first-order valence-electron chi connectivity index (χ1n) is 5.44. The Morgan fingerprint density at radius 1 is 1.53 bits per heavy atom. The lowest BCUT2D eigenvalue weighted by Crippen LogP contribution is -2.24. The van der Waals surface area contributed by atoms with Crippen LogP contribution in [0.4, 0.5) is 5.69 Å². The van der Waals surface area contributed by atoms with Crippen LogP contribution in [0.2, 0.25) is 0 Å². The molecular weight excluding hydrogens is 282 g/mol. The lowest BCUT2D eigenvalue weighted by atomic mass is 10.1. The summed E-state index contributed by atoms with van der Waals surface area (Å²) < 4.78 is 0.760. The van der Waals surface area contributed by atoms with Crippen molar-refractivity contribution in [3.8, 4) is 0 Å². The molecule has 2 rings (SSSR count). The van der Waals surface area contributed by atoms with Gasteiger partial charge in [0, 0.05) is 6.04 Å². The van der Waals surface area contributed by atoms with Crippen LogP contribution in [0.5, 0.6) is 0 Å². The van der Waals surface area contributed by atoms with Gasteiger partial charge in [-0.15, -0.1) is 0 Å². The van der Waals surface area contributed by atoms with Crippen LogP contribution in [-0.2, 0) is 4.79 Å². The molecule has 3 N–H and O–H groups in total. The Kier molecular flexibility index (Phi) is 3.59. The fourth-order valence-corrected chi connectivity index (χ4v) is 2.21. The number of aromatic nitrogens is 1. The summed E-state index contributed by atoms with van der Waals surface area (Å²) in [6, 6.07) is 3.64. The largest absolute Gasteiger partial charge is 0.324 e. The molecule has 0 aromatic carbocycles. The van der Waals surface area contributed by atoms with Crippen molar-refractivity contribution in [2.24, 2.45) is 11.7 Å². The number of anilines is 1. The number of carbonyl (C=O) groups excluding carboxylic acids is 1. The molecule has 0 saturated carbocycles. The summed E-state index contributed by atoms with van der Waals surface area (Å²) in [5.41, 5.74) is 7.25. The van der Waals surface area contributed by atoms with E-state index >= 15 is 0 Å². The molecule has 5 heteroatoms. The molecule has 1 aromatic rings. The summed E-state index contributed by atoms with van der Waals surface area (Å²) in [6.45, 7) is 1.86. The van der Waals surface area contributed by atoms with Crippen molar-refractivity contribution in [3.63, 3.8) is 0 Å². The van der Waals surface area contributed by atoms with E-state index in [0.717, 1.165) is 16.0 Å². The van der Waals surface area contributed by atoms with E-state index in [9.17, 15) is 4.79 Å². The number of carbonyl (C=O) groups is 1. The van der Waals surface area contributed by atoms with Gasteiger partial charge in [-0.1, -0.05) is 12.2 Å². The molecule has 0 saturated heterocycles. The summed E-state index contributed by atoms with van der Waals surface area (Å²) >= 11 is 3.29. The Balaban J connectivity index is 2.06. The molecule has 17 heavy (non-hydrogen) atoms. The van der Waals surface area contributed by atoms with Gasteiger partial charge in [0.2, 0.25) is 5.91 Å². The third kappa shape index (κ3) is 2.92. The average molecular weight is 296 g/mol. The SMILES string of the molecule is Cc1nc(Br)ccc1NC(=O)C1C=CC(N)C1. The number of nitrogens with zero attached hydrogens (tertiary/aromatic N) is 1. The highest BCUT2D eigenvalue weighted by atomic mass is 79.9. The third-order valence-corrected chi connectivity index (χ3v) is 3.20. The standard InChI is InChI=1S/C12H14BrN3O/c1-7-10(4-5-11(13)15-7)16-12(17)8-2-3-9(14)6-8/h2-5,8-9H,6,14H2,1H3,(H,16,17). The molecule has 1 aromatic heterocycles. The first kappa shape index (κ1) is 12.3. The maximum atomic E-state index is 11.9. The zero-order valence-electron chi connectivity index (χ0n) is 9.48. The van der Waals surface area contributed by atoms with E-state index in [-0.39, 0.29) is 17.9 Å². The fourth-order valence-electron chi connectivity index (χ4n) is 1.81. The molecule has 1 aliphatic rings. The van der Waals surface area contributed by atoms with Crippen LogP contribution in [0.15, 0.2) is 28.9 Å². The second kappa shape index (κ2) is 4.98. The molecule has 2 atom stereocenters. The van der Waals surface area contributed by atoms with Crippen LogP contribution in [-0.4, -0.2) is 16.9 Å². The normalized spacial score (nSPS) is 22.8. The van der Waals surface area contributed by atoms with E-state index in [2.05, 4.69) is 26.2 Å². The molecule has 0 radical (unpaired) electrons. The van der Waals surface area contributed by atoms with Gasteiger partial charge in [0.15, 0.2) is 0 Å². The highest BCUT2D eigenvalue weighted by Crippen LogP contribution is 2.21. The minimum absolute atomic E-state index is 0.00473. The van der Waals surface area contributed by atoms with Gasteiger partial charge in [0.25, 0.3) is 0 Å². The molecule has 1 amide bonds. The number of aryl methyl sites for hydroxylation is 1. The maximum Gasteiger partial charge on any atom is 0.231 e. The second-order valence-corrected chi connectivity index (χ2v) is 4.96. The molecule has 0 fully saturated rings. The minimum atomic E-state index is -0.131. The lowest BCUT2D eigenvalue weighted by Gasteiger charge is -2.12. The van der Waals surface area contributed by atoms with Gasteiger partial charge in [-0.25, -0.2) is 4.98 Å². The quantitative estimate of drug-likeness (QED) is 0.648. The van der Waals surface area contributed by atoms with Crippen molar-refractivity contribution in [1.82, 2.24) is 4.98 Å². The second-order valence-electron chi connectivity index (χ2n) is 4.15. The number of nitrogens with two attached hydrogens (primary N) is 1. The summed E-state index contributed by atoms with van der Waals surface area (Å²) in [7, 11) is 0. The monoisotopic (exact) mass is 295 g/mol. The van der Waals surface area contributed by atoms with Crippen molar-refractivity contribution in [1.29, 1.82) is 0 Å². The van der Waals surface area contributed by atoms with Crippen LogP contribution in [0.1, 0.15) is 12.1 Å². The number of halogens is 1. The average Bonchev–Trinajstić information content (AvgIpc) is 2.69. The molecule has 0 spiro atoms. The van der Waals surface area contributed by atoms with Crippen LogP contribution < -0.4 is 11.1 Å². The number of hydrogen-bond donors (Lipinski definition) is 2. The summed E-state index contributed by atoms with van der Waals surface area (Å²) in [5.74, 6) is -0.158. The Hall–Kier alpha value is -1.20. The summed E-state index contributed by atoms with van der Waals surface area (Å²) in [6.07, 6.45) is 4.41. The van der Waals surface area contributed by atoms with Crippen LogP contribution >= 0.6 is 15.9 Å². The smallest absolute Gasteiger partial charge is 0.231 e. The Labute approximate surface area is 108 Å². The highest BCUT2D eigenvalue weighted by Gasteiger charge is 2.23.